The lowest BCUT2D eigenvalue weighted by atomic mass is 10.2. The number of pyridine rings is 1. The van der Waals surface area contributed by atoms with Crippen molar-refractivity contribution in [3.05, 3.63) is 51.1 Å². The summed E-state index contributed by atoms with van der Waals surface area (Å²) in [6, 6.07) is 10.6. The zero-order chi connectivity index (χ0) is 13.1. The van der Waals surface area contributed by atoms with Crippen molar-refractivity contribution in [2.45, 2.75) is 6.92 Å². The van der Waals surface area contributed by atoms with Crippen molar-refractivity contribution < 1.29 is 4.74 Å². The molecule has 0 spiro atoms. The van der Waals surface area contributed by atoms with E-state index in [9.17, 15) is 0 Å². The summed E-state index contributed by atoms with van der Waals surface area (Å²) in [4.78, 5) is 4.21. The number of halogens is 2. The minimum Gasteiger partial charge on any atom is -0.438 e. The molecular weight excluding hydrogens is 316 g/mol. The molecule has 0 aliphatic rings. The Hall–Kier alpha value is -1.57. The monoisotopic (exact) mass is 322 g/mol. The van der Waals surface area contributed by atoms with Crippen molar-refractivity contribution in [2.24, 2.45) is 0 Å². The third-order valence-corrected chi connectivity index (χ3v) is 3.02. The topological polar surface area (TPSA) is 45.9 Å². The number of nitriles is 1. The molecule has 0 amide bonds. The maximum absolute atomic E-state index is 8.88. The third-order valence-electron chi connectivity index (χ3n) is 2.17. The summed E-state index contributed by atoms with van der Waals surface area (Å²) in [5.41, 5.74) is 1.25. The summed E-state index contributed by atoms with van der Waals surface area (Å²) in [6.45, 7) is 1.81. The Balaban J connectivity index is 2.34. The Morgan fingerprint density at radius 3 is 2.78 bits per heavy atom. The molecule has 0 atom stereocenters. The van der Waals surface area contributed by atoms with E-state index >= 15 is 0 Å². The van der Waals surface area contributed by atoms with Crippen LogP contribution in [0.4, 0.5) is 0 Å². The molecule has 0 unspecified atom stereocenters. The van der Waals surface area contributed by atoms with Crippen molar-refractivity contribution in [2.75, 3.05) is 0 Å². The van der Waals surface area contributed by atoms with Gasteiger partial charge in [-0.25, -0.2) is 4.98 Å². The summed E-state index contributed by atoms with van der Waals surface area (Å²) in [6.07, 6.45) is 0. The molecule has 0 fully saturated rings. The predicted molar refractivity (Wildman–Crippen MR) is 72.9 cm³/mol. The highest BCUT2D eigenvalue weighted by Gasteiger charge is 2.06. The van der Waals surface area contributed by atoms with Gasteiger partial charge in [0, 0.05) is 16.8 Å². The lowest BCUT2D eigenvalue weighted by molar-refractivity contribution is 0.458. The van der Waals surface area contributed by atoms with Crippen LogP contribution >= 0.6 is 27.5 Å². The van der Waals surface area contributed by atoms with Gasteiger partial charge in [0.25, 0.3) is 0 Å². The normalized spacial score (nSPS) is 9.89. The number of aryl methyl sites for hydroxylation is 1. The van der Waals surface area contributed by atoms with Crippen LogP contribution in [0, 0.1) is 18.3 Å². The second-order valence-electron chi connectivity index (χ2n) is 3.62. The van der Waals surface area contributed by atoms with Crippen LogP contribution in [0.5, 0.6) is 11.6 Å². The molecule has 90 valence electrons. The van der Waals surface area contributed by atoms with Gasteiger partial charge in [-0.05, 0) is 47.1 Å². The number of hydrogen-bond donors (Lipinski definition) is 0. The average Bonchev–Trinajstić information content (AvgIpc) is 2.32. The Morgan fingerprint density at radius 1 is 1.33 bits per heavy atom. The number of benzene rings is 1. The molecule has 5 heteroatoms. The Kier molecular flexibility index (Phi) is 3.85. The number of ether oxygens (including phenoxy) is 1. The minimum absolute atomic E-state index is 0.384. The van der Waals surface area contributed by atoms with Gasteiger partial charge in [0.15, 0.2) is 0 Å². The highest BCUT2D eigenvalue weighted by Crippen LogP contribution is 2.31. The molecule has 0 aliphatic carbocycles. The lowest BCUT2D eigenvalue weighted by Crippen LogP contribution is -1.92. The molecule has 18 heavy (non-hydrogen) atoms. The molecule has 3 nitrogen and oxygen atoms in total. The molecule has 0 N–H and O–H groups in total. The smallest absolute Gasteiger partial charge is 0.220 e. The largest absolute Gasteiger partial charge is 0.438 e. The van der Waals surface area contributed by atoms with E-state index in [1.54, 1.807) is 30.3 Å². The van der Waals surface area contributed by atoms with Crippen LogP contribution in [0.3, 0.4) is 0 Å². The van der Waals surface area contributed by atoms with E-state index in [2.05, 4.69) is 27.0 Å². The van der Waals surface area contributed by atoms with Crippen molar-refractivity contribution in [3.63, 3.8) is 0 Å². The van der Waals surface area contributed by atoms with E-state index < -0.39 is 0 Å². The van der Waals surface area contributed by atoms with E-state index in [0.29, 0.717) is 22.2 Å². The van der Waals surface area contributed by atoms with Crippen LogP contribution in [0.15, 0.2) is 34.8 Å². The first-order valence-electron chi connectivity index (χ1n) is 5.10. The van der Waals surface area contributed by atoms with Crippen LogP contribution in [0.25, 0.3) is 0 Å². The van der Waals surface area contributed by atoms with E-state index in [4.69, 9.17) is 21.6 Å². The second-order valence-corrected chi connectivity index (χ2v) is 4.91. The van der Waals surface area contributed by atoms with Crippen LogP contribution in [0.2, 0.25) is 5.02 Å². The molecule has 0 aliphatic heterocycles. The molecule has 0 bridgehead atoms. The van der Waals surface area contributed by atoms with Crippen LogP contribution in [-0.4, -0.2) is 4.98 Å². The van der Waals surface area contributed by atoms with Crippen molar-refractivity contribution >= 4 is 27.5 Å². The predicted octanol–water partition coefficient (Wildman–Crippen LogP) is 4.47. The number of rotatable bonds is 2. The van der Waals surface area contributed by atoms with Gasteiger partial charge in [-0.1, -0.05) is 11.6 Å². The molecule has 0 saturated carbocycles. The van der Waals surface area contributed by atoms with Gasteiger partial charge in [0.05, 0.1) is 16.1 Å². The van der Waals surface area contributed by atoms with Gasteiger partial charge in [-0.15, -0.1) is 0 Å². The summed E-state index contributed by atoms with van der Waals surface area (Å²) in [7, 11) is 0. The van der Waals surface area contributed by atoms with Crippen molar-refractivity contribution in [3.8, 4) is 17.7 Å². The lowest BCUT2D eigenvalue weighted by Gasteiger charge is -2.08. The maximum Gasteiger partial charge on any atom is 0.220 e. The molecular formula is C13H8BrClN2O. The molecule has 1 aromatic carbocycles. The van der Waals surface area contributed by atoms with Gasteiger partial charge in [0.1, 0.15) is 5.75 Å². The van der Waals surface area contributed by atoms with E-state index in [0.717, 1.165) is 10.2 Å². The fourth-order valence-electron chi connectivity index (χ4n) is 1.43. The van der Waals surface area contributed by atoms with E-state index in [-0.39, 0.29) is 0 Å². The SMILES string of the molecule is Cc1cc(C#N)cc(Oc2ccc(Cl)cc2Br)n1. The Morgan fingerprint density at radius 2 is 2.11 bits per heavy atom. The summed E-state index contributed by atoms with van der Waals surface area (Å²) < 4.78 is 6.35. The van der Waals surface area contributed by atoms with E-state index in [1.807, 2.05) is 6.92 Å². The molecule has 0 radical (unpaired) electrons. The molecule has 1 heterocycles. The van der Waals surface area contributed by atoms with Crippen LogP contribution in [-0.2, 0) is 0 Å². The number of aromatic nitrogens is 1. The minimum atomic E-state index is 0.384. The molecule has 1 aromatic heterocycles. The Labute approximate surface area is 118 Å². The van der Waals surface area contributed by atoms with Crippen molar-refractivity contribution in [1.82, 2.24) is 4.98 Å². The standard InChI is InChI=1S/C13H8BrClN2O/c1-8-4-9(7-16)5-13(17-8)18-12-3-2-10(15)6-11(12)14/h2-6H,1H3. The first-order valence-corrected chi connectivity index (χ1v) is 6.27. The van der Waals surface area contributed by atoms with Gasteiger partial charge in [-0.3, -0.25) is 0 Å². The summed E-state index contributed by atoms with van der Waals surface area (Å²) >= 11 is 9.21. The zero-order valence-corrected chi connectivity index (χ0v) is 11.8. The zero-order valence-electron chi connectivity index (χ0n) is 9.45. The van der Waals surface area contributed by atoms with E-state index in [1.165, 1.54) is 0 Å². The van der Waals surface area contributed by atoms with Crippen molar-refractivity contribution in [1.29, 1.82) is 5.26 Å². The third kappa shape index (κ3) is 3.00. The first-order chi connectivity index (χ1) is 8.58. The number of hydrogen-bond acceptors (Lipinski definition) is 3. The van der Waals surface area contributed by atoms with Gasteiger partial charge < -0.3 is 4.74 Å². The number of nitrogens with zero attached hydrogens (tertiary/aromatic N) is 2. The fourth-order valence-corrected chi connectivity index (χ4v) is 2.19. The molecule has 2 aromatic rings. The van der Waals surface area contributed by atoms with Gasteiger partial charge in [-0.2, -0.15) is 5.26 Å². The average molecular weight is 324 g/mol. The second kappa shape index (κ2) is 5.38. The molecule has 0 saturated heterocycles. The quantitative estimate of drug-likeness (QED) is 0.819. The van der Waals surface area contributed by atoms with Crippen LogP contribution < -0.4 is 4.74 Å². The highest BCUT2D eigenvalue weighted by molar-refractivity contribution is 9.10. The first kappa shape index (κ1) is 12.9. The van der Waals surface area contributed by atoms with Gasteiger partial charge >= 0.3 is 0 Å². The van der Waals surface area contributed by atoms with Gasteiger partial charge in [0.2, 0.25) is 5.88 Å². The Bertz CT molecular complexity index is 637. The summed E-state index contributed by atoms with van der Waals surface area (Å²) in [5.74, 6) is 0.982. The van der Waals surface area contributed by atoms with Crippen LogP contribution in [0.1, 0.15) is 11.3 Å². The molecule has 2 rings (SSSR count). The maximum atomic E-state index is 8.88. The highest BCUT2D eigenvalue weighted by atomic mass is 79.9. The fraction of sp³-hybridized carbons (Fsp3) is 0.0769. The summed E-state index contributed by atoms with van der Waals surface area (Å²) in [5, 5.41) is 9.50.